The molecule has 1 aliphatic carbocycles. The third kappa shape index (κ3) is 3.40. The average molecular weight is 350 g/mol. The highest BCUT2D eigenvalue weighted by molar-refractivity contribution is 5.38. The summed E-state index contributed by atoms with van der Waals surface area (Å²) in [5, 5.41) is 8.28. The number of rotatable bonds is 4. The van der Waals surface area contributed by atoms with Crippen LogP contribution in [0.25, 0.3) is 5.69 Å². The molecule has 1 atom stereocenters. The molecule has 4 rings (SSSR count). The van der Waals surface area contributed by atoms with Crippen molar-refractivity contribution in [2.75, 3.05) is 0 Å². The molecule has 0 saturated carbocycles. The minimum atomic E-state index is -0.230. The van der Waals surface area contributed by atoms with Gasteiger partial charge in [0.15, 0.2) is 0 Å². The summed E-state index contributed by atoms with van der Waals surface area (Å²) in [6.07, 6.45) is 7.64. The van der Waals surface area contributed by atoms with Crippen LogP contribution in [0, 0.1) is 11.2 Å². The van der Waals surface area contributed by atoms with Gasteiger partial charge in [-0.15, -0.1) is 0 Å². The van der Waals surface area contributed by atoms with Crippen molar-refractivity contribution >= 4 is 0 Å². The van der Waals surface area contributed by atoms with E-state index in [9.17, 15) is 4.39 Å². The third-order valence-corrected chi connectivity index (χ3v) is 5.03. The molecule has 4 nitrogen and oxygen atoms in total. The zero-order chi connectivity index (χ0) is 18.1. The normalized spacial score (nSPS) is 18.5. The SMILES string of the molecule is CC1(C)Cc2c(cnn2-c2ccc(F)cc2)[C@H](NCc2cccnc2)C1. The van der Waals surface area contributed by atoms with Crippen molar-refractivity contribution in [2.24, 2.45) is 5.41 Å². The van der Waals surface area contributed by atoms with Gasteiger partial charge in [-0.25, -0.2) is 9.07 Å². The Bertz CT molecular complexity index is 884. The van der Waals surface area contributed by atoms with Gasteiger partial charge in [-0.3, -0.25) is 4.98 Å². The molecule has 3 aromatic rings. The number of benzene rings is 1. The van der Waals surface area contributed by atoms with Crippen molar-refractivity contribution in [1.29, 1.82) is 0 Å². The molecule has 0 amide bonds. The monoisotopic (exact) mass is 350 g/mol. The Morgan fingerprint density at radius 1 is 1.19 bits per heavy atom. The lowest BCUT2D eigenvalue weighted by molar-refractivity contribution is 0.252. The molecule has 0 radical (unpaired) electrons. The summed E-state index contributed by atoms with van der Waals surface area (Å²) < 4.78 is 15.2. The Balaban J connectivity index is 1.64. The molecule has 26 heavy (non-hydrogen) atoms. The largest absolute Gasteiger partial charge is 0.306 e. The molecule has 0 unspecified atom stereocenters. The second-order valence-electron chi connectivity index (χ2n) is 7.77. The summed E-state index contributed by atoms with van der Waals surface area (Å²) in [4.78, 5) is 4.19. The smallest absolute Gasteiger partial charge is 0.123 e. The fourth-order valence-corrected chi connectivity index (χ4v) is 3.77. The van der Waals surface area contributed by atoms with Crippen molar-refractivity contribution in [3.8, 4) is 5.69 Å². The predicted octanol–water partition coefficient (Wildman–Crippen LogP) is 4.21. The number of pyridine rings is 1. The highest BCUT2D eigenvalue weighted by Gasteiger charge is 2.35. The maximum atomic E-state index is 13.3. The van der Waals surface area contributed by atoms with Gasteiger partial charge in [0.25, 0.3) is 0 Å². The maximum Gasteiger partial charge on any atom is 0.123 e. The summed E-state index contributed by atoms with van der Waals surface area (Å²) in [5.41, 5.74) is 4.67. The first-order valence-corrected chi connectivity index (χ1v) is 8.97. The fraction of sp³-hybridized carbons (Fsp3) is 0.333. The Kier molecular flexibility index (Phi) is 4.32. The molecular weight excluding hydrogens is 327 g/mol. The molecule has 1 N–H and O–H groups in total. The van der Waals surface area contributed by atoms with Crippen LogP contribution in [0.1, 0.15) is 43.1 Å². The second kappa shape index (κ2) is 6.65. The molecule has 2 heterocycles. The Labute approximate surface area is 153 Å². The lowest BCUT2D eigenvalue weighted by Gasteiger charge is -2.36. The summed E-state index contributed by atoms with van der Waals surface area (Å²) >= 11 is 0. The van der Waals surface area contributed by atoms with Gasteiger partial charge in [-0.1, -0.05) is 19.9 Å². The first kappa shape index (κ1) is 16.9. The molecule has 0 aliphatic heterocycles. The predicted molar refractivity (Wildman–Crippen MR) is 99.4 cm³/mol. The number of fused-ring (bicyclic) bond motifs is 1. The van der Waals surface area contributed by atoms with Crippen molar-refractivity contribution in [1.82, 2.24) is 20.1 Å². The number of hydrogen-bond acceptors (Lipinski definition) is 3. The van der Waals surface area contributed by atoms with E-state index in [0.29, 0.717) is 0 Å². The van der Waals surface area contributed by atoms with Gasteiger partial charge in [0.1, 0.15) is 5.82 Å². The van der Waals surface area contributed by atoms with Gasteiger partial charge in [0, 0.05) is 36.2 Å². The Morgan fingerprint density at radius 2 is 2.00 bits per heavy atom. The van der Waals surface area contributed by atoms with Crippen molar-refractivity contribution < 1.29 is 4.39 Å². The molecule has 1 aliphatic rings. The van der Waals surface area contributed by atoms with Gasteiger partial charge in [0.05, 0.1) is 11.9 Å². The van der Waals surface area contributed by atoms with Crippen LogP contribution in [0.15, 0.2) is 55.0 Å². The highest BCUT2D eigenvalue weighted by atomic mass is 19.1. The molecule has 134 valence electrons. The fourth-order valence-electron chi connectivity index (χ4n) is 3.77. The van der Waals surface area contributed by atoms with E-state index in [1.807, 2.05) is 23.1 Å². The van der Waals surface area contributed by atoms with Gasteiger partial charge in [0.2, 0.25) is 0 Å². The first-order chi connectivity index (χ1) is 12.5. The second-order valence-corrected chi connectivity index (χ2v) is 7.77. The minimum Gasteiger partial charge on any atom is -0.306 e. The van der Waals surface area contributed by atoms with E-state index in [1.165, 1.54) is 29.0 Å². The number of aromatic nitrogens is 3. The van der Waals surface area contributed by atoms with E-state index in [-0.39, 0.29) is 17.3 Å². The standard InChI is InChI=1S/C21H23FN4/c1-21(2)10-19(24-13-15-4-3-9-23-12-15)18-14-25-26(20(18)11-21)17-7-5-16(22)6-8-17/h3-9,12,14,19,24H,10-11,13H2,1-2H3/t19-/m1/s1. The van der Waals surface area contributed by atoms with Crippen LogP contribution in [-0.2, 0) is 13.0 Å². The van der Waals surface area contributed by atoms with Crippen LogP contribution in [0.2, 0.25) is 0 Å². The highest BCUT2D eigenvalue weighted by Crippen LogP contribution is 2.41. The lowest BCUT2D eigenvalue weighted by Crippen LogP contribution is -2.33. The number of nitrogens with zero attached hydrogens (tertiary/aromatic N) is 3. The average Bonchev–Trinajstić information content (AvgIpc) is 3.04. The van der Waals surface area contributed by atoms with Gasteiger partial charge >= 0.3 is 0 Å². The van der Waals surface area contributed by atoms with E-state index >= 15 is 0 Å². The molecule has 2 aromatic heterocycles. The quantitative estimate of drug-likeness (QED) is 0.766. The van der Waals surface area contributed by atoms with E-state index in [4.69, 9.17) is 0 Å². The number of nitrogens with one attached hydrogen (secondary N) is 1. The van der Waals surface area contributed by atoms with Crippen LogP contribution < -0.4 is 5.32 Å². The van der Waals surface area contributed by atoms with E-state index in [0.717, 1.165) is 25.1 Å². The van der Waals surface area contributed by atoms with Crippen molar-refractivity contribution in [3.05, 3.63) is 77.6 Å². The Hall–Kier alpha value is -2.53. The number of hydrogen-bond donors (Lipinski definition) is 1. The van der Waals surface area contributed by atoms with Crippen LogP contribution in [0.4, 0.5) is 4.39 Å². The van der Waals surface area contributed by atoms with Gasteiger partial charge in [-0.2, -0.15) is 5.10 Å². The van der Waals surface area contributed by atoms with Crippen LogP contribution >= 0.6 is 0 Å². The van der Waals surface area contributed by atoms with Crippen LogP contribution in [0.5, 0.6) is 0 Å². The Morgan fingerprint density at radius 3 is 2.73 bits per heavy atom. The third-order valence-electron chi connectivity index (χ3n) is 5.03. The van der Waals surface area contributed by atoms with Crippen LogP contribution in [0.3, 0.4) is 0 Å². The topological polar surface area (TPSA) is 42.7 Å². The summed E-state index contributed by atoms with van der Waals surface area (Å²) in [6.45, 7) is 5.35. The molecule has 0 spiro atoms. The van der Waals surface area contributed by atoms with Gasteiger partial charge < -0.3 is 5.32 Å². The zero-order valence-electron chi connectivity index (χ0n) is 15.1. The van der Waals surface area contributed by atoms with Crippen molar-refractivity contribution in [3.63, 3.8) is 0 Å². The molecule has 0 saturated heterocycles. The van der Waals surface area contributed by atoms with E-state index in [1.54, 1.807) is 18.3 Å². The maximum absolute atomic E-state index is 13.3. The van der Waals surface area contributed by atoms with Crippen molar-refractivity contribution in [2.45, 2.75) is 39.3 Å². The zero-order valence-corrected chi connectivity index (χ0v) is 15.1. The number of halogens is 1. The summed E-state index contributed by atoms with van der Waals surface area (Å²) in [6, 6.07) is 10.8. The summed E-state index contributed by atoms with van der Waals surface area (Å²) in [7, 11) is 0. The molecule has 5 heteroatoms. The molecule has 1 aromatic carbocycles. The molecule has 0 bridgehead atoms. The first-order valence-electron chi connectivity index (χ1n) is 8.97. The molecular formula is C21H23FN4. The van der Waals surface area contributed by atoms with Gasteiger partial charge in [-0.05, 0) is 54.2 Å². The summed E-state index contributed by atoms with van der Waals surface area (Å²) in [5.74, 6) is -0.230. The minimum absolute atomic E-state index is 0.164. The van der Waals surface area contributed by atoms with E-state index in [2.05, 4.69) is 35.3 Å². The van der Waals surface area contributed by atoms with E-state index < -0.39 is 0 Å². The molecule has 0 fully saturated rings. The van der Waals surface area contributed by atoms with Crippen LogP contribution in [-0.4, -0.2) is 14.8 Å². The lowest BCUT2D eigenvalue weighted by atomic mass is 9.74.